The summed E-state index contributed by atoms with van der Waals surface area (Å²) in [5, 5.41) is 2.87. The number of nitrogens with zero attached hydrogens (tertiary/aromatic N) is 1. The molecule has 7 heteroatoms. The average molecular weight is 358 g/mol. The second kappa shape index (κ2) is 7.31. The van der Waals surface area contributed by atoms with Crippen LogP contribution in [-0.2, 0) is 9.53 Å². The Bertz CT molecular complexity index is 797. The van der Waals surface area contributed by atoms with Gasteiger partial charge in [-0.3, -0.25) is 9.69 Å². The highest BCUT2D eigenvalue weighted by Crippen LogP contribution is 2.34. The molecular weight excluding hydrogens is 339 g/mol. The van der Waals surface area contributed by atoms with Crippen molar-refractivity contribution in [3.63, 3.8) is 0 Å². The minimum atomic E-state index is -0.274. The molecule has 0 radical (unpaired) electrons. The Morgan fingerprint density at radius 2 is 1.96 bits per heavy atom. The third-order valence-corrected chi connectivity index (χ3v) is 4.42. The van der Waals surface area contributed by atoms with E-state index in [9.17, 15) is 9.18 Å². The summed E-state index contributed by atoms with van der Waals surface area (Å²) in [6.45, 7) is 2.24. The number of ether oxygens (including phenoxy) is 3. The van der Waals surface area contributed by atoms with Gasteiger partial charge >= 0.3 is 0 Å². The van der Waals surface area contributed by atoms with E-state index in [4.69, 9.17) is 14.2 Å². The van der Waals surface area contributed by atoms with Crippen molar-refractivity contribution in [1.29, 1.82) is 0 Å². The normalized spacial score (nSPS) is 19.3. The second-order valence-electron chi connectivity index (χ2n) is 6.26. The number of morpholine rings is 1. The lowest BCUT2D eigenvalue weighted by Crippen LogP contribution is -2.42. The third-order valence-electron chi connectivity index (χ3n) is 4.42. The number of halogens is 1. The van der Waals surface area contributed by atoms with E-state index in [0.717, 1.165) is 5.56 Å². The molecule has 26 heavy (non-hydrogen) atoms. The predicted molar refractivity (Wildman–Crippen MR) is 92.7 cm³/mol. The molecule has 1 fully saturated rings. The molecule has 2 aromatic carbocycles. The van der Waals surface area contributed by atoms with Crippen LogP contribution in [0.25, 0.3) is 0 Å². The number of hydrogen-bond acceptors (Lipinski definition) is 5. The van der Waals surface area contributed by atoms with Crippen LogP contribution in [0.1, 0.15) is 11.7 Å². The van der Waals surface area contributed by atoms with Gasteiger partial charge in [0.2, 0.25) is 12.7 Å². The van der Waals surface area contributed by atoms with Gasteiger partial charge in [-0.05, 0) is 29.8 Å². The van der Waals surface area contributed by atoms with E-state index in [-0.39, 0.29) is 31.2 Å². The first-order valence-corrected chi connectivity index (χ1v) is 8.46. The first kappa shape index (κ1) is 16.8. The van der Waals surface area contributed by atoms with Gasteiger partial charge in [0.25, 0.3) is 0 Å². The van der Waals surface area contributed by atoms with Gasteiger partial charge in [0.1, 0.15) is 5.82 Å². The smallest absolute Gasteiger partial charge is 0.238 e. The van der Waals surface area contributed by atoms with Crippen LogP contribution in [0.2, 0.25) is 0 Å². The van der Waals surface area contributed by atoms with Gasteiger partial charge in [-0.25, -0.2) is 4.39 Å². The van der Waals surface area contributed by atoms with E-state index in [1.54, 1.807) is 30.3 Å². The summed E-state index contributed by atoms with van der Waals surface area (Å²) in [6.07, 6.45) is -0.164. The van der Waals surface area contributed by atoms with Crippen LogP contribution in [0.15, 0.2) is 42.5 Å². The third kappa shape index (κ3) is 3.79. The standard InChI is InChI=1S/C19H19FN2O4/c20-14-3-1-13(2-4-14)18-10-22(7-8-24-18)11-19(23)21-15-5-6-16-17(9-15)26-12-25-16/h1-6,9,18H,7-8,10-12H2,(H,21,23). The Morgan fingerprint density at radius 3 is 2.81 bits per heavy atom. The van der Waals surface area contributed by atoms with E-state index in [1.165, 1.54) is 12.1 Å². The molecule has 2 aromatic rings. The number of anilines is 1. The number of amides is 1. The molecule has 136 valence electrons. The molecule has 2 heterocycles. The lowest BCUT2D eigenvalue weighted by atomic mass is 10.1. The minimum absolute atomic E-state index is 0.108. The zero-order valence-corrected chi connectivity index (χ0v) is 14.1. The van der Waals surface area contributed by atoms with Gasteiger partial charge in [-0.1, -0.05) is 12.1 Å². The average Bonchev–Trinajstić information content (AvgIpc) is 3.10. The van der Waals surface area contributed by atoms with Gasteiger partial charge in [0, 0.05) is 24.8 Å². The van der Waals surface area contributed by atoms with Crippen LogP contribution in [0.3, 0.4) is 0 Å². The molecule has 1 N–H and O–H groups in total. The minimum Gasteiger partial charge on any atom is -0.454 e. The van der Waals surface area contributed by atoms with Gasteiger partial charge < -0.3 is 19.5 Å². The maximum Gasteiger partial charge on any atom is 0.238 e. The number of hydrogen-bond donors (Lipinski definition) is 1. The molecule has 0 spiro atoms. The monoisotopic (exact) mass is 358 g/mol. The van der Waals surface area contributed by atoms with Crippen molar-refractivity contribution in [2.24, 2.45) is 0 Å². The number of nitrogens with one attached hydrogen (secondary N) is 1. The van der Waals surface area contributed by atoms with Crippen molar-refractivity contribution in [1.82, 2.24) is 4.90 Å². The number of benzene rings is 2. The summed E-state index contributed by atoms with van der Waals surface area (Å²) in [7, 11) is 0. The van der Waals surface area contributed by atoms with Crippen LogP contribution in [0.4, 0.5) is 10.1 Å². The second-order valence-corrected chi connectivity index (χ2v) is 6.26. The zero-order valence-electron chi connectivity index (χ0n) is 14.1. The van der Waals surface area contributed by atoms with Crippen LogP contribution in [0, 0.1) is 5.82 Å². The van der Waals surface area contributed by atoms with Crippen molar-refractivity contribution < 1.29 is 23.4 Å². The lowest BCUT2D eigenvalue weighted by molar-refractivity contribution is -0.119. The fourth-order valence-electron chi connectivity index (χ4n) is 3.10. The van der Waals surface area contributed by atoms with E-state index in [2.05, 4.69) is 5.32 Å². The molecule has 1 atom stereocenters. The lowest BCUT2D eigenvalue weighted by Gasteiger charge is -2.32. The largest absolute Gasteiger partial charge is 0.454 e. The number of carbonyl (C=O) groups excluding carboxylic acids is 1. The van der Waals surface area contributed by atoms with Crippen LogP contribution >= 0.6 is 0 Å². The predicted octanol–water partition coefficient (Wildman–Crippen LogP) is 2.57. The van der Waals surface area contributed by atoms with E-state index in [0.29, 0.717) is 36.9 Å². The Morgan fingerprint density at radius 1 is 1.15 bits per heavy atom. The van der Waals surface area contributed by atoms with Crippen LogP contribution in [-0.4, -0.2) is 43.8 Å². The van der Waals surface area contributed by atoms with Gasteiger partial charge in [0.05, 0.1) is 19.3 Å². The summed E-state index contributed by atoms with van der Waals surface area (Å²) in [5.74, 6) is 0.928. The molecule has 2 aliphatic heterocycles. The number of rotatable bonds is 4. The maximum atomic E-state index is 13.1. The quantitative estimate of drug-likeness (QED) is 0.910. The van der Waals surface area contributed by atoms with Gasteiger partial charge in [0.15, 0.2) is 11.5 Å². The molecule has 0 aromatic heterocycles. The summed E-state index contributed by atoms with van der Waals surface area (Å²) < 4.78 is 29.4. The Hall–Kier alpha value is -2.64. The Labute approximate surface area is 150 Å². The fraction of sp³-hybridized carbons (Fsp3) is 0.316. The van der Waals surface area contributed by atoms with Gasteiger partial charge in [-0.2, -0.15) is 0 Å². The first-order chi connectivity index (χ1) is 12.7. The van der Waals surface area contributed by atoms with Crippen molar-refractivity contribution in [3.8, 4) is 11.5 Å². The molecular formula is C19H19FN2O4. The molecule has 6 nitrogen and oxygen atoms in total. The SMILES string of the molecule is O=C(CN1CCOC(c2ccc(F)cc2)C1)Nc1ccc2c(c1)OCO2. The first-order valence-electron chi connectivity index (χ1n) is 8.46. The van der Waals surface area contributed by atoms with Crippen LogP contribution in [0.5, 0.6) is 11.5 Å². The van der Waals surface area contributed by atoms with Crippen molar-refractivity contribution in [3.05, 3.63) is 53.8 Å². The zero-order chi connectivity index (χ0) is 17.9. The highest BCUT2D eigenvalue weighted by atomic mass is 19.1. The number of carbonyl (C=O) groups is 1. The summed E-state index contributed by atoms with van der Waals surface area (Å²) >= 11 is 0. The van der Waals surface area contributed by atoms with Crippen molar-refractivity contribution >= 4 is 11.6 Å². The molecule has 2 aliphatic rings. The van der Waals surface area contributed by atoms with Gasteiger partial charge in [-0.15, -0.1) is 0 Å². The van der Waals surface area contributed by atoms with E-state index in [1.807, 2.05) is 4.90 Å². The fourth-order valence-corrected chi connectivity index (χ4v) is 3.10. The molecule has 1 saturated heterocycles. The molecule has 0 aliphatic carbocycles. The Kier molecular flexibility index (Phi) is 4.73. The molecule has 0 bridgehead atoms. The van der Waals surface area contributed by atoms with Crippen molar-refractivity contribution in [2.75, 3.05) is 38.4 Å². The number of fused-ring (bicyclic) bond motifs is 1. The topological polar surface area (TPSA) is 60.0 Å². The highest BCUT2D eigenvalue weighted by molar-refractivity contribution is 5.92. The Balaban J connectivity index is 1.34. The van der Waals surface area contributed by atoms with Crippen molar-refractivity contribution in [2.45, 2.75) is 6.10 Å². The summed E-state index contributed by atoms with van der Waals surface area (Å²) in [5.41, 5.74) is 1.58. The maximum absolute atomic E-state index is 13.1. The van der Waals surface area contributed by atoms with E-state index >= 15 is 0 Å². The van der Waals surface area contributed by atoms with E-state index < -0.39 is 0 Å². The molecule has 1 amide bonds. The highest BCUT2D eigenvalue weighted by Gasteiger charge is 2.24. The summed E-state index contributed by atoms with van der Waals surface area (Å²) in [6, 6.07) is 11.6. The molecule has 4 rings (SSSR count). The van der Waals surface area contributed by atoms with Crippen LogP contribution < -0.4 is 14.8 Å². The summed E-state index contributed by atoms with van der Waals surface area (Å²) in [4.78, 5) is 14.4. The molecule has 0 saturated carbocycles. The molecule has 1 unspecified atom stereocenters.